The fourth-order valence-corrected chi connectivity index (χ4v) is 6.33. The lowest BCUT2D eigenvalue weighted by Crippen LogP contribution is -2.57. The predicted octanol–water partition coefficient (Wildman–Crippen LogP) is 5.60. The van der Waals surface area contributed by atoms with Crippen molar-refractivity contribution < 1.29 is 27.9 Å². The van der Waals surface area contributed by atoms with Crippen LogP contribution >= 0.6 is 23.2 Å². The number of anilines is 1. The van der Waals surface area contributed by atoms with Gasteiger partial charge in [-0.3, -0.25) is 9.59 Å². The van der Waals surface area contributed by atoms with Gasteiger partial charge in [-0.1, -0.05) is 53.5 Å². The number of benzene rings is 2. The van der Waals surface area contributed by atoms with Gasteiger partial charge in [0.05, 0.1) is 15.6 Å². The second-order valence-corrected chi connectivity index (χ2v) is 11.3. The fraction of sp³-hybridized carbons (Fsp3) is 0.500. The number of hydrogen-bond donors (Lipinski definition) is 1. The minimum absolute atomic E-state index is 0.168. The summed E-state index contributed by atoms with van der Waals surface area (Å²) >= 11 is 12.8. The third-order valence-electron chi connectivity index (χ3n) is 7.96. The lowest BCUT2D eigenvalue weighted by molar-refractivity contribution is -0.262. The van der Waals surface area contributed by atoms with E-state index in [2.05, 4.69) is 4.90 Å². The minimum Gasteiger partial charge on any atom is -0.371 e. The molecule has 0 saturated carbocycles. The summed E-state index contributed by atoms with van der Waals surface area (Å²) in [5, 5.41) is 11.2. The van der Waals surface area contributed by atoms with Crippen molar-refractivity contribution in [1.29, 1.82) is 0 Å². The second kappa shape index (κ2) is 11.6. The van der Waals surface area contributed by atoms with Crippen molar-refractivity contribution in [3.05, 3.63) is 63.6 Å². The maximum atomic E-state index is 13.9. The van der Waals surface area contributed by atoms with Crippen LogP contribution < -0.4 is 4.90 Å². The number of piperidine rings is 2. The van der Waals surface area contributed by atoms with Crippen LogP contribution in [-0.4, -0.2) is 73.2 Å². The van der Waals surface area contributed by atoms with Crippen LogP contribution in [0.15, 0.2) is 42.5 Å². The Balaban J connectivity index is 1.36. The van der Waals surface area contributed by atoms with Crippen molar-refractivity contribution in [3.63, 3.8) is 0 Å². The molecule has 4 rings (SSSR count). The molecule has 0 spiro atoms. The summed E-state index contributed by atoms with van der Waals surface area (Å²) in [4.78, 5) is 30.1. The molecule has 11 heteroatoms. The molecule has 0 aromatic heterocycles. The first-order chi connectivity index (χ1) is 18.3. The zero-order chi connectivity index (χ0) is 28.5. The van der Waals surface area contributed by atoms with Crippen LogP contribution in [0.4, 0.5) is 18.9 Å². The summed E-state index contributed by atoms with van der Waals surface area (Å²) in [6.07, 6.45) is -2.22. The maximum Gasteiger partial charge on any atom is 0.430 e. The van der Waals surface area contributed by atoms with Gasteiger partial charge in [0.1, 0.15) is 0 Å². The average Bonchev–Trinajstić information content (AvgIpc) is 2.91. The molecular formula is C28H32Cl2F3N3O3. The third kappa shape index (κ3) is 5.86. The van der Waals surface area contributed by atoms with Gasteiger partial charge in [-0.25, -0.2) is 0 Å². The van der Waals surface area contributed by atoms with E-state index in [1.54, 1.807) is 26.2 Å². The lowest BCUT2D eigenvalue weighted by Gasteiger charge is -2.42. The molecule has 2 aliphatic rings. The number of nitrogens with zero attached hydrogens (tertiary/aromatic N) is 3. The number of alkyl halides is 3. The number of amides is 2. The van der Waals surface area contributed by atoms with Crippen LogP contribution in [-0.2, 0) is 10.4 Å². The molecule has 2 aliphatic heterocycles. The van der Waals surface area contributed by atoms with Gasteiger partial charge in [0.15, 0.2) is 0 Å². The Kier molecular flexibility index (Phi) is 8.73. The molecule has 39 heavy (non-hydrogen) atoms. The van der Waals surface area contributed by atoms with Crippen molar-refractivity contribution in [2.24, 2.45) is 11.8 Å². The van der Waals surface area contributed by atoms with Gasteiger partial charge in [0.2, 0.25) is 0 Å². The number of halogens is 5. The largest absolute Gasteiger partial charge is 0.430 e. The maximum absolute atomic E-state index is 13.9. The second-order valence-electron chi connectivity index (χ2n) is 10.5. The monoisotopic (exact) mass is 585 g/mol. The zero-order valence-corrected chi connectivity index (χ0v) is 23.4. The van der Waals surface area contributed by atoms with Crippen LogP contribution in [0.25, 0.3) is 0 Å². The van der Waals surface area contributed by atoms with Crippen LogP contribution in [0.1, 0.15) is 41.6 Å². The van der Waals surface area contributed by atoms with E-state index in [9.17, 15) is 27.9 Å². The number of carbonyl (C=O) groups excluding carboxylic acids is 2. The highest BCUT2D eigenvalue weighted by Crippen LogP contribution is 2.42. The van der Waals surface area contributed by atoms with Gasteiger partial charge >= 0.3 is 6.18 Å². The minimum atomic E-state index is -5.14. The van der Waals surface area contributed by atoms with E-state index in [-0.39, 0.29) is 30.5 Å². The highest BCUT2D eigenvalue weighted by atomic mass is 35.5. The van der Waals surface area contributed by atoms with Crippen LogP contribution in [0.2, 0.25) is 10.0 Å². The van der Waals surface area contributed by atoms with Gasteiger partial charge in [-0.05, 0) is 49.7 Å². The van der Waals surface area contributed by atoms with Crippen LogP contribution in [0.5, 0.6) is 0 Å². The van der Waals surface area contributed by atoms with Crippen molar-refractivity contribution >= 4 is 40.7 Å². The topological polar surface area (TPSA) is 64.1 Å². The first kappa shape index (κ1) is 29.5. The van der Waals surface area contributed by atoms with Crippen LogP contribution in [0.3, 0.4) is 0 Å². The normalized spacial score (nSPS) is 19.1. The highest BCUT2D eigenvalue weighted by molar-refractivity contribution is 6.40. The van der Waals surface area contributed by atoms with Crippen molar-refractivity contribution in [2.75, 3.05) is 45.2 Å². The van der Waals surface area contributed by atoms with E-state index in [1.807, 2.05) is 0 Å². The lowest BCUT2D eigenvalue weighted by atomic mass is 9.78. The van der Waals surface area contributed by atoms with E-state index in [0.29, 0.717) is 28.8 Å². The van der Waals surface area contributed by atoms with E-state index in [0.717, 1.165) is 48.7 Å². The van der Waals surface area contributed by atoms with Crippen molar-refractivity contribution in [2.45, 2.75) is 37.5 Å². The molecule has 0 radical (unpaired) electrons. The Morgan fingerprint density at radius 2 is 1.38 bits per heavy atom. The summed E-state index contributed by atoms with van der Waals surface area (Å²) in [5.74, 6) is -0.939. The molecule has 1 N–H and O–H groups in total. The molecule has 0 aliphatic carbocycles. The van der Waals surface area contributed by atoms with Gasteiger partial charge in [-0.2, -0.15) is 13.2 Å². The Morgan fingerprint density at radius 1 is 0.897 bits per heavy atom. The van der Waals surface area contributed by atoms with E-state index in [1.165, 1.54) is 23.1 Å². The predicted molar refractivity (Wildman–Crippen MR) is 145 cm³/mol. The third-order valence-corrected chi connectivity index (χ3v) is 8.55. The smallest absolute Gasteiger partial charge is 0.371 e. The molecule has 2 heterocycles. The van der Waals surface area contributed by atoms with E-state index < -0.39 is 23.2 Å². The first-order valence-electron chi connectivity index (χ1n) is 12.9. The van der Waals surface area contributed by atoms with Gasteiger partial charge in [0, 0.05) is 51.5 Å². The number of rotatable bonds is 5. The quantitative estimate of drug-likeness (QED) is 0.496. The molecule has 2 fully saturated rings. The first-order valence-corrected chi connectivity index (χ1v) is 13.7. The molecule has 6 nitrogen and oxygen atoms in total. The number of aliphatic hydroxyl groups is 1. The molecular weight excluding hydrogens is 554 g/mol. The summed E-state index contributed by atoms with van der Waals surface area (Å²) < 4.78 is 41.8. The molecule has 2 saturated heterocycles. The Bertz CT molecular complexity index is 1170. The highest BCUT2D eigenvalue weighted by Gasteiger charge is 2.62. The SMILES string of the molecule is CN(C)C(=O)c1c(Cl)cc(N2CCC(C3CCN(C(=O)C(O)(c4ccccc4)C(F)(F)F)CC3)CC2)cc1Cl. The van der Waals surface area contributed by atoms with Crippen LogP contribution in [0, 0.1) is 11.8 Å². The van der Waals surface area contributed by atoms with Gasteiger partial charge in [-0.15, -0.1) is 0 Å². The standard InChI is InChI=1S/C28H32Cl2F3N3O3/c1-34(2)25(37)24-22(29)16-21(17-23(24)30)35-12-8-18(9-13-35)19-10-14-36(15-11-19)26(38)27(39,28(31,32)33)20-6-4-3-5-7-20/h3-7,16-19,39H,8-15H2,1-2H3. The number of likely N-dealkylation sites (tertiary alicyclic amines) is 1. The summed E-state index contributed by atoms with van der Waals surface area (Å²) in [5.41, 5.74) is -2.93. The molecule has 212 valence electrons. The zero-order valence-electron chi connectivity index (χ0n) is 21.8. The Morgan fingerprint density at radius 3 is 1.85 bits per heavy atom. The average molecular weight is 586 g/mol. The Hall–Kier alpha value is -2.49. The van der Waals surface area contributed by atoms with E-state index >= 15 is 0 Å². The molecule has 2 aromatic carbocycles. The summed E-state index contributed by atoms with van der Waals surface area (Å²) in [7, 11) is 3.27. The van der Waals surface area contributed by atoms with Crippen molar-refractivity contribution in [3.8, 4) is 0 Å². The number of carbonyl (C=O) groups is 2. The summed E-state index contributed by atoms with van der Waals surface area (Å²) in [6, 6.07) is 10.0. The van der Waals surface area contributed by atoms with E-state index in [4.69, 9.17) is 23.2 Å². The Labute approximate surface area is 236 Å². The molecule has 2 amide bonds. The van der Waals surface area contributed by atoms with Gasteiger partial charge in [0.25, 0.3) is 17.4 Å². The summed E-state index contributed by atoms with van der Waals surface area (Å²) in [6.45, 7) is 1.83. The fourth-order valence-electron chi connectivity index (χ4n) is 5.69. The molecule has 2 aromatic rings. The molecule has 1 atom stereocenters. The van der Waals surface area contributed by atoms with Crippen molar-refractivity contribution in [1.82, 2.24) is 9.80 Å². The number of hydrogen-bond acceptors (Lipinski definition) is 4. The molecule has 1 unspecified atom stereocenters. The van der Waals surface area contributed by atoms with Gasteiger partial charge < -0.3 is 19.8 Å². The molecule has 0 bridgehead atoms.